The van der Waals surface area contributed by atoms with Crippen molar-refractivity contribution in [1.29, 1.82) is 0 Å². The summed E-state index contributed by atoms with van der Waals surface area (Å²) in [6.07, 6.45) is 22.4. The number of carbonyl (C=O) groups excluding carboxylic acids is 2. The van der Waals surface area contributed by atoms with Crippen LogP contribution in [0.5, 0.6) is 0 Å². The molecule has 1 saturated heterocycles. The maximum absolute atomic E-state index is 12.7. The third kappa shape index (κ3) is 12.4. The first-order valence-electron chi connectivity index (χ1n) is 15.2. The van der Waals surface area contributed by atoms with Crippen LogP contribution in [0.3, 0.4) is 0 Å². The average molecular weight is 500 g/mol. The molecular weight excluding hydrogens is 446 g/mol. The SMILES string of the molecule is CCCCCCCCCCCCCCCCCOC(=O)C1CCN(C(=O)c2ccc(CC)cc2)CC1. The number of nitrogens with zero attached hydrogens (tertiary/aromatic N) is 1. The van der Waals surface area contributed by atoms with Crippen molar-refractivity contribution in [2.45, 2.75) is 129 Å². The van der Waals surface area contributed by atoms with E-state index in [9.17, 15) is 9.59 Å². The highest BCUT2D eigenvalue weighted by atomic mass is 16.5. The van der Waals surface area contributed by atoms with Gasteiger partial charge in [-0.05, 0) is 43.4 Å². The average Bonchev–Trinajstić information content (AvgIpc) is 2.92. The highest BCUT2D eigenvalue weighted by molar-refractivity contribution is 5.94. The van der Waals surface area contributed by atoms with Crippen LogP contribution in [0.2, 0.25) is 0 Å². The second-order valence-electron chi connectivity index (χ2n) is 10.7. The zero-order valence-electron chi connectivity index (χ0n) is 23.4. The predicted octanol–water partition coefficient (Wildman–Crippen LogP) is 8.52. The molecule has 0 atom stereocenters. The van der Waals surface area contributed by atoms with Crippen LogP contribution in [-0.2, 0) is 16.0 Å². The Morgan fingerprint density at radius 3 is 1.67 bits per heavy atom. The van der Waals surface area contributed by atoms with Crippen LogP contribution >= 0.6 is 0 Å². The van der Waals surface area contributed by atoms with Crippen LogP contribution in [0.25, 0.3) is 0 Å². The van der Waals surface area contributed by atoms with E-state index in [1.807, 2.05) is 29.2 Å². The maximum Gasteiger partial charge on any atom is 0.309 e. The van der Waals surface area contributed by atoms with Gasteiger partial charge >= 0.3 is 5.97 Å². The molecule has 0 spiro atoms. The van der Waals surface area contributed by atoms with E-state index >= 15 is 0 Å². The fourth-order valence-electron chi connectivity index (χ4n) is 5.15. The van der Waals surface area contributed by atoms with Gasteiger partial charge in [-0.1, -0.05) is 116 Å². The van der Waals surface area contributed by atoms with Crippen molar-refractivity contribution in [3.8, 4) is 0 Å². The van der Waals surface area contributed by atoms with Crippen LogP contribution in [0.4, 0.5) is 0 Å². The third-order valence-electron chi connectivity index (χ3n) is 7.72. The van der Waals surface area contributed by atoms with Gasteiger partial charge in [0.15, 0.2) is 0 Å². The second kappa shape index (κ2) is 19.3. The van der Waals surface area contributed by atoms with Crippen LogP contribution in [0.15, 0.2) is 24.3 Å². The molecule has 0 unspecified atom stereocenters. The molecule has 0 radical (unpaired) electrons. The van der Waals surface area contributed by atoms with Crippen LogP contribution in [-0.4, -0.2) is 36.5 Å². The molecule has 36 heavy (non-hydrogen) atoms. The Labute approximate surface area is 221 Å². The number of amides is 1. The summed E-state index contributed by atoms with van der Waals surface area (Å²) < 4.78 is 5.56. The number of likely N-dealkylation sites (tertiary alicyclic amines) is 1. The summed E-state index contributed by atoms with van der Waals surface area (Å²) in [5.74, 6) is -0.0603. The van der Waals surface area contributed by atoms with E-state index in [1.54, 1.807) is 0 Å². The van der Waals surface area contributed by atoms with Gasteiger partial charge in [0.25, 0.3) is 5.91 Å². The first-order valence-corrected chi connectivity index (χ1v) is 15.2. The smallest absolute Gasteiger partial charge is 0.309 e. The molecule has 1 amide bonds. The summed E-state index contributed by atoms with van der Waals surface area (Å²) in [7, 11) is 0. The molecule has 0 saturated carbocycles. The van der Waals surface area contributed by atoms with Crippen molar-refractivity contribution in [3.05, 3.63) is 35.4 Å². The molecule has 1 aromatic rings. The number of hydrogen-bond donors (Lipinski definition) is 0. The molecule has 0 aliphatic carbocycles. The summed E-state index contributed by atoms with van der Waals surface area (Å²) in [6.45, 7) is 6.20. The highest BCUT2D eigenvalue weighted by Gasteiger charge is 2.28. The first-order chi connectivity index (χ1) is 17.7. The minimum Gasteiger partial charge on any atom is -0.465 e. The van der Waals surface area contributed by atoms with E-state index in [0.29, 0.717) is 32.5 Å². The molecule has 1 aliphatic rings. The molecule has 4 heteroatoms. The van der Waals surface area contributed by atoms with Crippen molar-refractivity contribution in [2.24, 2.45) is 5.92 Å². The topological polar surface area (TPSA) is 46.6 Å². The summed E-state index contributed by atoms with van der Waals surface area (Å²) in [5.41, 5.74) is 1.98. The van der Waals surface area contributed by atoms with E-state index in [0.717, 1.165) is 24.8 Å². The summed E-state index contributed by atoms with van der Waals surface area (Å²) >= 11 is 0. The van der Waals surface area contributed by atoms with Gasteiger partial charge in [-0.3, -0.25) is 9.59 Å². The minimum atomic E-state index is -0.0697. The van der Waals surface area contributed by atoms with Crippen molar-refractivity contribution < 1.29 is 14.3 Å². The molecule has 2 rings (SSSR count). The number of hydrogen-bond acceptors (Lipinski definition) is 3. The third-order valence-corrected chi connectivity index (χ3v) is 7.72. The highest BCUT2D eigenvalue weighted by Crippen LogP contribution is 2.21. The van der Waals surface area contributed by atoms with Gasteiger partial charge in [-0.2, -0.15) is 0 Å². The molecular formula is C32H53NO3. The van der Waals surface area contributed by atoms with E-state index in [4.69, 9.17) is 4.74 Å². The lowest BCUT2D eigenvalue weighted by atomic mass is 9.96. The van der Waals surface area contributed by atoms with Crippen LogP contribution in [0.1, 0.15) is 139 Å². The van der Waals surface area contributed by atoms with E-state index < -0.39 is 0 Å². The Kier molecular flexibility index (Phi) is 16.3. The first kappa shape index (κ1) is 30.4. The van der Waals surface area contributed by atoms with Crippen LogP contribution < -0.4 is 0 Å². The zero-order valence-corrected chi connectivity index (χ0v) is 23.4. The lowest BCUT2D eigenvalue weighted by Gasteiger charge is -2.31. The van der Waals surface area contributed by atoms with Crippen molar-refractivity contribution in [3.63, 3.8) is 0 Å². The maximum atomic E-state index is 12.7. The Bertz CT molecular complexity index is 707. The van der Waals surface area contributed by atoms with E-state index in [-0.39, 0.29) is 17.8 Å². The normalized spacial score (nSPS) is 14.2. The molecule has 4 nitrogen and oxygen atoms in total. The molecule has 0 bridgehead atoms. The van der Waals surface area contributed by atoms with E-state index in [1.165, 1.54) is 89.0 Å². The largest absolute Gasteiger partial charge is 0.465 e. The molecule has 1 heterocycles. The fourth-order valence-corrected chi connectivity index (χ4v) is 5.15. The summed E-state index contributed by atoms with van der Waals surface area (Å²) in [5, 5.41) is 0. The summed E-state index contributed by atoms with van der Waals surface area (Å²) in [6, 6.07) is 7.88. The quantitative estimate of drug-likeness (QED) is 0.141. The number of rotatable bonds is 19. The monoisotopic (exact) mass is 499 g/mol. The Morgan fingerprint density at radius 1 is 0.722 bits per heavy atom. The lowest BCUT2D eigenvalue weighted by Crippen LogP contribution is -2.40. The number of esters is 1. The standard InChI is InChI=1S/C32H53NO3/c1-3-5-6-7-8-9-10-11-12-13-14-15-16-17-18-27-36-32(35)30-23-25-33(26-24-30)31(34)29-21-19-28(4-2)20-22-29/h19-22,30H,3-18,23-27H2,1-2H3. The Hall–Kier alpha value is -1.84. The molecule has 0 aromatic heterocycles. The van der Waals surface area contributed by atoms with Gasteiger partial charge in [0, 0.05) is 18.7 Å². The minimum absolute atomic E-state index is 0.0622. The number of unbranched alkanes of at least 4 members (excludes halogenated alkanes) is 14. The van der Waals surface area contributed by atoms with Gasteiger partial charge in [0.05, 0.1) is 12.5 Å². The van der Waals surface area contributed by atoms with Gasteiger partial charge in [-0.25, -0.2) is 0 Å². The molecule has 204 valence electrons. The van der Waals surface area contributed by atoms with Gasteiger partial charge in [0.2, 0.25) is 0 Å². The molecule has 1 aromatic carbocycles. The molecule has 1 aliphatic heterocycles. The van der Waals surface area contributed by atoms with Crippen molar-refractivity contribution >= 4 is 11.9 Å². The zero-order chi connectivity index (χ0) is 25.8. The predicted molar refractivity (Wildman–Crippen MR) is 150 cm³/mol. The van der Waals surface area contributed by atoms with Gasteiger partial charge in [0.1, 0.15) is 0 Å². The van der Waals surface area contributed by atoms with Gasteiger partial charge < -0.3 is 9.64 Å². The Morgan fingerprint density at radius 2 is 1.19 bits per heavy atom. The lowest BCUT2D eigenvalue weighted by molar-refractivity contribution is -0.150. The van der Waals surface area contributed by atoms with E-state index in [2.05, 4.69) is 13.8 Å². The van der Waals surface area contributed by atoms with Crippen LogP contribution in [0, 0.1) is 5.92 Å². The number of carbonyl (C=O) groups is 2. The summed E-state index contributed by atoms with van der Waals surface area (Å²) in [4.78, 5) is 27.0. The number of benzene rings is 1. The number of ether oxygens (including phenoxy) is 1. The molecule has 0 N–H and O–H groups in total. The Balaban J connectivity index is 1.41. The second-order valence-corrected chi connectivity index (χ2v) is 10.7. The number of aryl methyl sites for hydroxylation is 1. The number of piperidine rings is 1. The van der Waals surface area contributed by atoms with Crippen molar-refractivity contribution in [1.82, 2.24) is 4.90 Å². The van der Waals surface area contributed by atoms with Gasteiger partial charge in [-0.15, -0.1) is 0 Å². The molecule has 1 fully saturated rings. The van der Waals surface area contributed by atoms with Crippen molar-refractivity contribution in [2.75, 3.05) is 19.7 Å². The fraction of sp³-hybridized carbons (Fsp3) is 0.750.